The number of carbonyl (C=O) groups is 1. The maximum atomic E-state index is 13.6. The minimum Gasteiger partial charge on any atom is -0.381 e. The lowest BCUT2D eigenvalue weighted by Gasteiger charge is -2.16. The average Bonchev–Trinajstić information content (AvgIpc) is 3.34. The van der Waals surface area contributed by atoms with Gasteiger partial charge in [0.1, 0.15) is 5.56 Å². The quantitative estimate of drug-likeness (QED) is 0.285. The van der Waals surface area contributed by atoms with Crippen LogP contribution in [0.15, 0.2) is 101 Å². The molecule has 10 heteroatoms. The molecular weight excluding hydrogens is 582 g/mol. The molecule has 41 heavy (non-hydrogen) atoms. The lowest BCUT2D eigenvalue weighted by molar-refractivity contribution is 0.100. The van der Waals surface area contributed by atoms with Gasteiger partial charge in [0.25, 0.3) is 11.5 Å². The van der Waals surface area contributed by atoms with E-state index in [9.17, 15) is 9.59 Å². The summed E-state index contributed by atoms with van der Waals surface area (Å²) in [6.45, 7) is 2.05. The van der Waals surface area contributed by atoms with Crippen LogP contribution in [0, 0.1) is 11.8 Å². The van der Waals surface area contributed by atoms with Gasteiger partial charge in [-0.15, -0.1) is 5.10 Å². The van der Waals surface area contributed by atoms with Gasteiger partial charge in [0.15, 0.2) is 11.5 Å². The van der Waals surface area contributed by atoms with E-state index in [0.717, 1.165) is 33.2 Å². The Labute approximate surface area is 243 Å². The number of halogens is 1. The van der Waals surface area contributed by atoms with Crippen molar-refractivity contribution in [1.29, 1.82) is 0 Å². The molecule has 202 valence electrons. The third kappa shape index (κ3) is 5.44. The number of primary amides is 1. The number of aromatic nitrogens is 5. The molecular formula is C31H24BrN7O2. The van der Waals surface area contributed by atoms with Gasteiger partial charge >= 0.3 is 0 Å². The molecule has 4 aromatic heterocycles. The highest BCUT2D eigenvalue weighted by Gasteiger charge is 2.17. The van der Waals surface area contributed by atoms with E-state index in [1.54, 1.807) is 35.4 Å². The predicted octanol–water partition coefficient (Wildman–Crippen LogP) is 4.52. The minimum absolute atomic E-state index is 0.0547. The van der Waals surface area contributed by atoms with E-state index in [0.29, 0.717) is 16.6 Å². The summed E-state index contributed by atoms with van der Waals surface area (Å²) in [5.41, 5.74) is 14.5. The number of benzene rings is 2. The van der Waals surface area contributed by atoms with Crippen LogP contribution in [0.1, 0.15) is 34.1 Å². The number of amides is 1. The molecule has 0 spiro atoms. The molecule has 0 saturated heterocycles. The Bertz CT molecular complexity index is 2010. The van der Waals surface area contributed by atoms with E-state index in [1.165, 1.54) is 4.52 Å². The average molecular weight is 606 g/mol. The molecule has 0 aliphatic rings. The second kappa shape index (κ2) is 11.9. The molecule has 0 aliphatic heterocycles. The van der Waals surface area contributed by atoms with Crippen LogP contribution in [0.25, 0.3) is 22.1 Å². The van der Waals surface area contributed by atoms with Crippen molar-refractivity contribution < 1.29 is 4.79 Å². The summed E-state index contributed by atoms with van der Waals surface area (Å²) in [4.78, 5) is 32.5. The first-order valence-corrected chi connectivity index (χ1v) is 13.4. The molecule has 0 bridgehead atoms. The maximum Gasteiger partial charge on any atom is 0.264 e. The van der Waals surface area contributed by atoms with E-state index >= 15 is 0 Å². The minimum atomic E-state index is -0.619. The number of pyridine rings is 2. The van der Waals surface area contributed by atoms with Crippen molar-refractivity contribution in [3.8, 4) is 17.5 Å². The molecule has 0 saturated carbocycles. The summed E-state index contributed by atoms with van der Waals surface area (Å²) < 4.78 is 4.13. The van der Waals surface area contributed by atoms with Crippen LogP contribution in [-0.2, 0) is 6.42 Å². The predicted molar refractivity (Wildman–Crippen MR) is 163 cm³/mol. The smallest absolute Gasteiger partial charge is 0.264 e. The van der Waals surface area contributed by atoms with Crippen molar-refractivity contribution in [2.24, 2.45) is 5.73 Å². The number of para-hydroxylation sites is 1. The lowest BCUT2D eigenvalue weighted by Crippen LogP contribution is -2.23. The molecule has 2 aromatic carbocycles. The Morgan fingerprint density at radius 2 is 1.73 bits per heavy atom. The molecule has 0 fully saturated rings. The van der Waals surface area contributed by atoms with Gasteiger partial charge in [-0.05, 0) is 58.7 Å². The number of carbonyl (C=O) groups excluding carboxylic acids is 1. The first kappa shape index (κ1) is 27.3. The van der Waals surface area contributed by atoms with Gasteiger partial charge in [0, 0.05) is 57.2 Å². The van der Waals surface area contributed by atoms with Crippen LogP contribution in [-0.4, -0.2) is 30.1 Å². The molecule has 0 aliphatic carbocycles. The summed E-state index contributed by atoms with van der Waals surface area (Å²) in [6.07, 6.45) is 7.33. The number of anilines is 1. The number of hydrogen-bond donors (Lipinski definition) is 2. The van der Waals surface area contributed by atoms with Gasteiger partial charge in [0.05, 0.1) is 5.39 Å². The highest BCUT2D eigenvalue weighted by Crippen LogP contribution is 2.29. The fourth-order valence-corrected chi connectivity index (χ4v) is 5.22. The van der Waals surface area contributed by atoms with Gasteiger partial charge in [-0.1, -0.05) is 49.1 Å². The van der Waals surface area contributed by atoms with Crippen LogP contribution in [0.3, 0.4) is 0 Å². The SMILES string of the molecule is CCc1c(Br)c2cccc(C#Cc3ccncc3)c2c(=O)n1-c1ccccc1.NC(=O)c1c(N)nn2cccnc12. The van der Waals surface area contributed by atoms with E-state index in [-0.39, 0.29) is 16.9 Å². The van der Waals surface area contributed by atoms with E-state index < -0.39 is 5.91 Å². The van der Waals surface area contributed by atoms with Crippen molar-refractivity contribution in [3.05, 3.63) is 129 Å². The van der Waals surface area contributed by atoms with Gasteiger partial charge in [-0.2, -0.15) is 0 Å². The van der Waals surface area contributed by atoms with Crippen LogP contribution in [0.2, 0.25) is 0 Å². The summed E-state index contributed by atoms with van der Waals surface area (Å²) in [7, 11) is 0. The molecule has 4 N–H and O–H groups in total. The Morgan fingerprint density at radius 1 is 0.976 bits per heavy atom. The molecule has 1 amide bonds. The Kier molecular flexibility index (Phi) is 7.90. The first-order chi connectivity index (χ1) is 19.9. The topological polar surface area (TPSA) is 134 Å². The van der Waals surface area contributed by atoms with E-state index in [2.05, 4.69) is 49.8 Å². The molecule has 0 radical (unpaired) electrons. The zero-order chi connectivity index (χ0) is 28.9. The van der Waals surface area contributed by atoms with Crippen molar-refractivity contribution in [1.82, 2.24) is 24.1 Å². The molecule has 0 unspecified atom stereocenters. The third-order valence-electron chi connectivity index (χ3n) is 6.28. The highest BCUT2D eigenvalue weighted by molar-refractivity contribution is 9.10. The molecule has 0 atom stereocenters. The number of hydrogen-bond acceptors (Lipinski definition) is 6. The Morgan fingerprint density at radius 3 is 2.44 bits per heavy atom. The fourth-order valence-electron chi connectivity index (χ4n) is 4.44. The second-order valence-corrected chi connectivity index (χ2v) is 9.61. The second-order valence-electron chi connectivity index (χ2n) is 8.82. The summed E-state index contributed by atoms with van der Waals surface area (Å²) in [5, 5.41) is 5.37. The summed E-state index contributed by atoms with van der Waals surface area (Å²) in [5.74, 6) is 5.79. The van der Waals surface area contributed by atoms with Gasteiger partial charge < -0.3 is 11.5 Å². The van der Waals surface area contributed by atoms with Gasteiger partial charge in [0.2, 0.25) is 0 Å². The Hall–Kier alpha value is -5.27. The Balaban J connectivity index is 0.000000216. The van der Waals surface area contributed by atoms with Crippen LogP contribution >= 0.6 is 15.9 Å². The van der Waals surface area contributed by atoms with Crippen molar-refractivity contribution in [2.75, 3.05) is 5.73 Å². The molecule has 9 nitrogen and oxygen atoms in total. The number of nitrogens with two attached hydrogens (primary N) is 2. The monoisotopic (exact) mass is 605 g/mol. The molecule has 6 aromatic rings. The van der Waals surface area contributed by atoms with Crippen molar-refractivity contribution >= 4 is 44.1 Å². The van der Waals surface area contributed by atoms with E-state index in [4.69, 9.17) is 11.5 Å². The van der Waals surface area contributed by atoms with Crippen molar-refractivity contribution in [2.45, 2.75) is 13.3 Å². The summed E-state index contributed by atoms with van der Waals surface area (Å²) >= 11 is 3.74. The van der Waals surface area contributed by atoms with Crippen LogP contribution in [0.4, 0.5) is 5.82 Å². The normalized spacial score (nSPS) is 10.5. The lowest BCUT2D eigenvalue weighted by atomic mass is 10.0. The third-order valence-corrected chi connectivity index (χ3v) is 7.17. The maximum absolute atomic E-state index is 13.6. The number of rotatable bonds is 3. The van der Waals surface area contributed by atoms with E-state index in [1.807, 2.05) is 60.7 Å². The molecule has 6 rings (SSSR count). The fraction of sp³-hybridized carbons (Fsp3) is 0.0645. The highest BCUT2D eigenvalue weighted by atomic mass is 79.9. The van der Waals surface area contributed by atoms with Crippen LogP contribution < -0.4 is 17.0 Å². The largest absolute Gasteiger partial charge is 0.381 e. The van der Waals surface area contributed by atoms with Crippen molar-refractivity contribution in [3.63, 3.8) is 0 Å². The number of nitrogen functional groups attached to an aromatic ring is 1. The van der Waals surface area contributed by atoms with Crippen LogP contribution in [0.5, 0.6) is 0 Å². The zero-order valence-corrected chi connectivity index (χ0v) is 23.5. The summed E-state index contributed by atoms with van der Waals surface area (Å²) in [6, 6.07) is 20.9. The first-order valence-electron chi connectivity index (χ1n) is 12.6. The number of fused-ring (bicyclic) bond motifs is 2. The van der Waals surface area contributed by atoms with Gasteiger partial charge in [-0.25, -0.2) is 9.50 Å². The number of nitrogens with zero attached hydrogens (tertiary/aromatic N) is 5. The molecule has 4 heterocycles. The van der Waals surface area contributed by atoms with Gasteiger partial charge in [-0.3, -0.25) is 19.1 Å². The standard InChI is InChI=1S/C24H17BrN2O.C7H7N5O/c1-2-21-23(25)20-10-6-7-18(12-11-17-13-15-26-16-14-17)22(20)24(28)27(21)19-8-4-3-5-9-19;8-5-4(6(9)13)7-10-2-1-3-12(7)11-5/h3-10,13-16H,2H2,1H3;1-3H,(H2,8,11)(H2,9,13). The zero-order valence-electron chi connectivity index (χ0n) is 22.0.